The Labute approximate surface area is 172 Å². The van der Waals surface area contributed by atoms with E-state index in [0.29, 0.717) is 5.52 Å². The molecule has 0 atom stereocenters. The SMILES string of the molecule is CC(C)n1c(=O)c(-c2ccc(NSCCC(F)(F)F)c(F)c2)nc2cnc(N)nc21. The van der Waals surface area contributed by atoms with Crippen LogP contribution >= 0.6 is 11.9 Å². The van der Waals surface area contributed by atoms with Gasteiger partial charge in [-0.2, -0.15) is 18.2 Å². The highest BCUT2D eigenvalue weighted by Gasteiger charge is 2.26. The van der Waals surface area contributed by atoms with E-state index in [4.69, 9.17) is 5.73 Å². The molecule has 0 unspecified atom stereocenters. The molecule has 160 valence electrons. The van der Waals surface area contributed by atoms with Crippen LogP contribution in [0.2, 0.25) is 0 Å². The summed E-state index contributed by atoms with van der Waals surface area (Å²) in [5.74, 6) is -0.993. The number of hydrogen-bond acceptors (Lipinski definition) is 7. The van der Waals surface area contributed by atoms with Gasteiger partial charge in [0.05, 0.1) is 18.3 Å². The van der Waals surface area contributed by atoms with Crippen LogP contribution in [0, 0.1) is 5.82 Å². The zero-order valence-corrected chi connectivity index (χ0v) is 16.8. The fourth-order valence-corrected chi connectivity index (χ4v) is 3.48. The smallest absolute Gasteiger partial charge is 0.368 e. The first-order valence-electron chi connectivity index (χ1n) is 8.86. The molecule has 0 saturated heterocycles. The molecule has 7 nitrogen and oxygen atoms in total. The van der Waals surface area contributed by atoms with Crippen molar-refractivity contribution in [2.24, 2.45) is 0 Å². The molecule has 0 saturated carbocycles. The number of aromatic nitrogens is 4. The molecule has 0 radical (unpaired) electrons. The third-order valence-electron chi connectivity index (χ3n) is 4.08. The fourth-order valence-electron chi connectivity index (χ4n) is 2.72. The quantitative estimate of drug-likeness (QED) is 0.336. The van der Waals surface area contributed by atoms with Gasteiger partial charge in [0, 0.05) is 17.4 Å². The topological polar surface area (TPSA) is 98.7 Å². The van der Waals surface area contributed by atoms with Gasteiger partial charge in [-0.3, -0.25) is 9.36 Å². The van der Waals surface area contributed by atoms with Crippen LogP contribution in [0.4, 0.5) is 29.2 Å². The van der Waals surface area contributed by atoms with Gasteiger partial charge in [0.2, 0.25) is 5.95 Å². The molecule has 0 aliphatic carbocycles. The number of nitrogens with one attached hydrogen (secondary N) is 1. The van der Waals surface area contributed by atoms with E-state index in [1.54, 1.807) is 13.8 Å². The first-order chi connectivity index (χ1) is 14.1. The predicted octanol–water partition coefficient (Wildman–Crippen LogP) is 4.17. The Hall–Kier alpha value is -2.89. The highest BCUT2D eigenvalue weighted by Crippen LogP contribution is 2.27. The maximum absolute atomic E-state index is 14.5. The van der Waals surface area contributed by atoms with E-state index in [0.717, 1.165) is 18.0 Å². The van der Waals surface area contributed by atoms with Crippen molar-refractivity contribution < 1.29 is 17.6 Å². The van der Waals surface area contributed by atoms with E-state index in [9.17, 15) is 22.4 Å². The maximum atomic E-state index is 14.5. The van der Waals surface area contributed by atoms with Gasteiger partial charge in [-0.25, -0.2) is 14.4 Å². The van der Waals surface area contributed by atoms with E-state index >= 15 is 0 Å². The molecule has 2 heterocycles. The number of nitrogen functional groups attached to an aromatic ring is 1. The molecule has 0 bridgehead atoms. The van der Waals surface area contributed by atoms with Crippen molar-refractivity contribution >= 4 is 34.7 Å². The largest absolute Gasteiger partial charge is 0.389 e. The molecule has 0 aliphatic heterocycles. The van der Waals surface area contributed by atoms with E-state index in [-0.39, 0.29) is 40.3 Å². The molecule has 0 amide bonds. The second-order valence-electron chi connectivity index (χ2n) is 6.68. The summed E-state index contributed by atoms with van der Waals surface area (Å²) in [6, 6.07) is 3.64. The van der Waals surface area contributed by atoms with E-state index < -0.39 is 24.0 Å². The minimum atomic E-state index is -4.27. The van der Waals surface area contributed by atoms with Gasteiger partial charge in [-0.05, 0) is 26.0 Å². The summed E-state index contributed by atoms with van der Waals surface area (Å²) in [6.07, 6.45) is -3.89. The molecule has 12 heteroatoms. The van der Waals surface area contributed by atoms with Gasteiger partial charge < -0.3 is 10.5 Å². The highest BCUT2D eigenvalue weighted by atomic mass is 32.2. The average molecular weight is 442 g/mol. The molecule has 0 fully saturated rings. The van der Waals surface area contributed by atoms with Crippen molar-refractivity contribution in [3.05, 3.63) is 40.6 Å². The Morgan fingerprint density at radius 1 is 1.27 bits per heavy atom. The zero-order valence-electron chi connectivity index (χ0n) is 16.0. The summed E-state index contributed by atoms with van der Waals surface area (Å²) >= 11 is 0.742. The number of hydrogen-bond donors (Lipinski definition) is 2. The minimum absolute atomic E-state index is 0.000235. The number of halogens is 4. The molecule has 3 aromatic rings. The Kier molecular flexibility index (Phi) is 6.15. The van der Waals surface area contributed by atoms with Crippen molar-refractivity contribution in [3.8, 4) is 11.3 Å². The van der Waals surface area contributed by atoms with Gasteiger partial charge in [0.15, 0.2) is 5.65 Å². The number of rotatable bonds is 6. The summed E-state index contributed by atoms with van der Waals surface area (Å²) in [7, 11) is 0. The van der Waals surface area contributed by atoms with Crippen LogP contribution in [-0.2, 0) is 0 Å². The summed E-state index contributed by atoms with van der Waals surface area (Å²) in [6.45, 7) is 3.57. The lowest BCUT2D eigenvalue weighted by atomic mass is 10.1. The summed E-state index contributed by atoms with van der Waals surface area (Å²) in [5, 5.41) is 0. The van der Waals surface area contributed by atoms with Crippen molar-refractivity contribution in [2.75, 3.05) is 16.2 Å². The maximum Gasteiger partial charge on any atom is 0.389 e. The molecule has 1 aromatic carbocycles. The molecule has 3 N–H and O–H groups in total. The van der Waals surface area contributed by atoms with Crippen LogP contribution in [0.3, 0.4) is 0 Å². The number of benzene rings is 1. The van der Waals surface area contributed by atoms with Crippen LogP contribution in [0.25, 0.3) is 22.4 Å². The second kappa shape index (κ2) is 8.46. The molecular weight excluding hydrogens is 424 g/mol. The Morgan fingerprint density at radius 2 is 2.00 bits per heavy atom. The number of fused-ring (bicyclic) bond motifs is 1. The fraction of sp³-hybridized carbons (Fsp3) is 0.333. The minimum Gasteiger partial charge on any atom is -0.368 e. The van der Waals surface area contributed by atoms with E-state index in [1.807, 2.05) is 0 Å². The first kappa shape index (κ1) is 21.8. The van der Waals surface area contributed by atoms with E-state index in [2.05, 4.69) is 19.7 Å². The van der Waals surface area contributed by atoms with Gasteiger partial charge in [-0.15, -0.1) is 0 Å². The standard InChI is InChI=1S/C18H18F4N6OS/c1-9(2)28-15-13(8-24-17(23)26-15)25-14(16(28)29)10-3-4-12(11(19)7-10)27-30-6-5-18(20,21)22/h3-4,7-9,27H,5-6H2,1-2H3,(H2,23,24,26). The van der Waals surface area contributed by atoms with Crippen LogP contribution < -0.4 is 16.0 Å². The first-order valence-corrected chi connectivity index (χ1v) is 9.84. The Morgan fingerprint density at radius 3 is 2.63 bits per heavy atom. The van der Waals surface area contributed by atoms with Gasteiger partial charge in [0.1, 0.15) is 17.0 Å². The lowest BCUT2D eigenvalue weighted by molar-refractivity contribution is -0.129. The van der Waals surface area contributed by atoms with Gasteiger partial charge in [-0.1, -0.05) is 18.0 Å². The number of nitrogens with zero attached hydrogens (tertiary/aromatic N) is 4. The van der Waals surface area contributed by atoms with Crippen LogP contribution in [-0.4, -0.2) is 31.4 Å². The Bertz CT molecular complexity index is 1130. The predicted molar refractivity (Wildman–Crippen MR) is 109 cm³/mol. The summed E-state index contributed by atoms with van der Waals surface area (Å²) < 4.78 is 55.0. The Balaban J connectivity index is 1.94. The monoisotopic (exact) mass is 442 g/mol. The molecular formula is C18H18F4N6OS. The normalized spacial score (nSPS) is 12.0. The van der Waals surface area contributed by atoms with E-state index in [1.165, 1.54) is 22.9 Å². The molecule has 30 heavy (non-hydrogen) atoms. The van der Waals surface area contributed by atoms with Gasteiger partial charge in [0.25, 0.3) is 5.56 Å². The van der Waals surface area contributed by atoms with Crippen LogP contribution in [0.5, 0.6) is 0 Å². The number of alkyl halides is 3. The highest BCUT2D eigenvalue weighted by molar-refractivity contribution is 8.00. The number of nitrogens with two attached hydrogens (primary N) is 1. The number of anilines is 2. The van der Waals surface area contributed by atoms with Gasteiger partial charge >= 0.3 is 6.18 Å². The summed E-state index contributed by atoms with van der Waals surface area (Å²) in [5.41, 5.74) is 5.95. The van der Waals surface area contributed by atoms with Crippen LogP contribution in [0.15, 0.2) is 29.2 Å². The van der Waals surface area contributed by atoms with Crippen molar-refractivity contribution in [3.63, 3.8) is 0 Å². The average Bonchev–Trinajstić information content (AvgIpc) is 2.64. The van der Waals surface area contributed by atoms with Crippen LogP contribution in [0.1, 0.15) is 26.3 Å². The third-order valence-corrected chi connectivity index (χ3v) is 4.85. The zero-order chi connectivity index (χ0) is 22.1. The summed E-state index contributed by atoms with van der Waals surface area (Å²) in [4.78, 5) is 25.2. The molecule has 3 rings (SSSR count). The molecule has 0 spiro atoms. The molecule has 0 aliphatic rings. The third kappa shape index (κ3) is 4.81. The lowest BCUT2D eigenvalue weighted by Gasteiger charge is -2.15. The van der Waals surface area contributed by atoms with Crippen molar-refractivity contribution in [1.82, 2.24) is 19.5 Å². The van der Waals surface area contributed by atoms with Crippen molar-refractivity contribution in [2.45, 2.75) is 32.5 Å². The molecule has 2 aromatic heterocycles. The van der Waals surface area contributed by atoms with Crippen molar-refractivity contribution in [1.29, 1.82) is 0 Å². The lowest BCUT2D eigenvalue weighted by Crippen LogP contribution is -2.26. The second-order valence-corrected chi connectivity index (χ2v) is 7.58.